The number of anilines is 1. The molecule has 0 bridgehead atoms. The normalized spacial score (nSPS) is 15.9. The highest BCUT2D eigenvalue weighted by Gasteiger charge is 2.27. The molecular formula is C28H35N5O4. The average Bonchev–Trinajstić information content (AvgIpc) is 3.48. The number of carbonyl (C=O) groups excluding carboxylic acids is 3. The summed E-state index contributed by atoms with van der Waals surface area (Å²) in [6.45, 7) is 11.5. The van der Waals surface area contributed by atoms with Gasteiger partial charge in [0, 0.05) is 5.39 Å². The monoisotopic (exact) mass is 505 g/mol. The zero-order valence-corrected chi connectivity index (χ0v) is 22.1. The molecule has 1 aliphatic rings. The Kier molecular flexibility index (Phi) is 7.63. The zero-order valence-electron chi connectivity index (χ0n) is 22.1. The number of urea groups is 1. The fourth-order valence-electron chi connectivity index (χ4n) is 4.78. The molecule has 0 saturated heterocycles. The summed E-state index contributed by atoms with van der Waals surface area (Å²) in [5.74, 6) is 0. The number of aromatic nitrogens is 2. The highest BCUT2D eigenvalue weighted by Crippen LogP contribution is 2.34. The van der Waals surface area contributed by atoms with Gasteiger partial charge in [0.25, 0.3) is 0 Å². The van der Waals surface area contributed by atoms with Gasteiger partial charge < -0.3 is 15.4 Å². The van der Waals surface area contributed by atoms with Gasteiger partial charge in [-0.2, -0.15) is 9.78 Å². The molecule has 1 aromatic heterocycles. The van der Waals surface area contributed by atoms with E-state index < -0.39 is 12.3 Å². The SMILES string of the molecule is CCN(CC)C(C=O)OC(=O)n1ncc2c(NC(=O)N[C@@H]3CCc4cc(C(C)(C)C)ccc43)cccc21. The van der Waals surface area contributed by atoms with Crippen LogP contribution in [-0.2, 0) is 21.4 Å². The maximum atomic E-state index is 12.9. The summed E-state index contributed by atoms with van der Waals surface area (Å²) >= 11 is 0. The lowest BCUT2D eigenvalue weighted by Gasteiger charge is -2.24. The second-order valence-electron chi connectivity index (χ2n) is 10.3. The molecule has 0 saturated carbocycles. The smallest absolute Gasteiger partial charge is 0.421 e. The van der Waals surface area contributed by atoms with Gasteiger partial charge >= 0.3 is 12.1 Å². The summed E-state index contributed by atoms with van der Waals surface area (Å²) in [7, 11) is 0. The molecule has 0 spiro atoms. The molecule has 1 heterocycles. The Labute approximate surface area is 217 Å². The van der Waals surface area contributed by atoms with E-state index in [4.69, 9.17) is 4.74 Å². The lowest BCUT2D eigenvalue weighted by molar-refractivity contribution is -0.124. The second kappa shape index (κ2) is 10.7. The van der Waals surface area contributed by atoms with Crippen LogP contribution in [0.25, 0.3) is 10.9 Å². The number of hydrogen-bond donors (Lipinski definition) is 2. The highest BCUT2D eigenvalue weighted by molar-refractivity contribution is 6.02. The van der Waals surface area contributed by atoms with E-state index >= 15 is 0 Å². The topological polar surface area (TPSA) is 106 Å². The van der Waals surface area contributed by atoms with E-state index in [1.165, 1.54) is 17.3 Å². The van der Waals surface area contributed by atoms with Crippen LogP contribution in [-0.4, -0.2) is 52.4 Å². The number of nitrogens with zero attached hydrogens (tertiary/aromatic N) is 3. The summed E-state index contributed by atoms with van der Waals surface area (Å²) in [5.41, 5.74) is 4.77. The molecule has 2 atom stereocenters. The Morgan fingerprint density at radius 1 is 1.22 bits per heavy atom. The number of rotatable bonds is 7. The number of fused-ring (bicyclic) bond motifs is 2. The Morgan fingerprint density at radius 3 is 2.65 bits per heavy atom. The van der Waals surface area contributed by atoms with Crippen molar-refractivity contribution in [1.82, 2.24) is 20.0 Å². The number of amides is 2. The highest BCUT2D eigenvalue weighted by atomic mass is 16.6. The first-order valence-electron chi connectivity index (χ1n) is 12.7. The molecule has 2 aromatic carbocycles. The van der Waals surface area contributed by atoms with Gasteiger partial charge in [0.1, 0.15) is 0 Å². The number of likely N-dealkylation sites (N-methyl/N-ethyl adjacent to an activating group) is 1. The Bertz CT molecular complexity index is 1310. The zero-order chi connectivity index (χ0) is 26.7. The molecule has 9 heteroatoms. The van der Waals surface area contributed by atoms with E-state index in [-0.39, 0.29) is 17.5 Å². The van der Waals surface area contributed by atoms with Crippen molar-refractivity contribution < 1.29 is 19.1 Å². The van der Waals surface area contributed by atoms with Crippen LogP contribution in [0.15, 0.2) is 42.6 Å². The number of aldehydes is 1. The largest absolute Gasteiger partial charge is 0.437 e. The first kappa shape index (κ1) is 26.3. The van der Waals surface area contributed by atoms with Crippen LogP contribution in [0.4, 0.5) is 15.3 Å². The van der Waals surface area contributed by atoms with Crippen molar-refractivity contribution in [2.45, 2.75) is 65.1 Å². The second-order valence-corrected chi connectivity index (χ2v) is 10.3. The minimum Gasteiger partial charge on any atom is -0.421 e. The van der Waals surface area contributed by atoms with E-state index in [0.717, 1.165) is 23.1 Å². The molecule has 4 rings (SSSR count). The van der Waals surface area contributed by atoms with Crippen LogP contribution in [0.1, 0.15) is 63.8 Å². The lowest BCUT2D eigenvalue weighted by Crippen LogP contribution is -2.40. The van der Waals surface area contributed by atoms with Crippen LogP contribution in [0, 0.1) is 0 Å². The summed E-state index contributed by atoms with van der Waals surface area (Å²) in [4.78, 5) is 38.9. The van der Waals surface area contributed by atoms with Gasteiger partial charge in [-0.1, -0.05) is 58.9 Å². The van der Waals surface area contributed by atoms with Gasteiger partial charge in [-0.25, -0.2) is 9.59 Å². The number of nitrogens with one attached hydrogen (secondary N) is 2. The van der Waals surface area contributed by atoms with Crippen LogP contribution in [0.5, 0.6) is 0 Å². The molecule has 196 valence electrons. The van der Waals surface area contributed by atoms with Gasteiger partial charge in [-0.3, -0.25) is 9.69 Å². The van der Waals surface area contributed by atoms with Crippen molar-refractivity contribution in [2.24, 2.45) is 0 Å². The third kappa shape index (κ3) is 5.51. The number of hydrogen-bond acceptors (Lipinski definition) is 6. The first-order valence-corrected chi connectivity index (χ1v) is 12.7. The molecule has 0 fully saturated rings. The van der Waals surface area contributed by atoms with Crippen molar-refractivity contribution in [3.8, 4) is 0 Å². The number of ether oxygens (including phenoxy) is 1. The van der Waals surface area contributed by atoms with E-state index in [9.17, 15) is 14.4 Å². The van der Waals surface area contributed by atoms with Crippen LogP contribution < -0.4 is 10.6 Å². The molecule has 0 aliphatic heterocycles. The van der Waals surface area contributed by atoms with Crippen LogP contribution in [0.2, 0.25) is 0 Å². The maximum absolute atomic E-state index is 12.9. The molecule has 0 radical (unpaired) electrons. The van der Waals surface area contributed by atoms with Crippen molar-refractivity contribution in [3.05, 3.63) is 59.3 Å². The van der Waals surface area contributed by atoms with E-state index in [2.05, 4.69) is 54.7 Å². The van der Waals surface area contributed by atoms with Crippen molar-refractivity contribution >= 4 is 35.0 Å². The molecular weight excluding hydrogens is 470 g/mol. The van der Waals surface area contributed by atoms with Gasteiger partial charge in [-0.05, 0) is 60.2 Å². The fourth-order valence-corrected chi connectivity index (χ4v) is 4.78. The molecule has 2 amide bonds. The Morgan fingerprint density at radius 2 is 1.97 bits per heavy atom. The number of carbonyl (C=O) groups is 3. The summed E-state index contributed by atoms with van der Waals surface area (Å²) < 4.78 is 6.48. The molecule has 9 nitrogen and oxygen atoms in total. The van der Waals surface area contributed by atoms with Crippen molar-refractivity contribution in [2.75, 3.05) is 18.4 Å². The standard InChI is InChI=1S/C28H35N5O4/c1-6-32(7-2)25(17-34)37-27(36)33-24-10-8-9-22(21(24)16-29-33)30-26(35)31-23-14-11-18-15-19(28(3,4)5)12-13-20(18)23/h8-10,12-13,15-17,23,25H,6-7,11,14H2,1-5H3,(H2,30,31,35)/t23-,25?/m1/s1. The van der Waals surface area contributed by atoms with Crippen molar-refractivity contribution in [3.63, 3.8) is 0 Å². The third-order valence-electron chi connectivity index (χ3n) is 6.94. The van der Waals surface area contributed by atoms with E-state index in [0.29, 0.717) is 36.0 Å². The molecule has 1 unspecified atom stereocenters. The van der Waals surface area contributed by atoms with Crippen LogP contribution >= 0.6 is 0 Å². The third-order valence-corrected chi connectivity index (χ3v) is 6.94. The maximum Gasteiger partial charge on any atom is 0.437 e. The molecule has 37 heavy (non-hydrogen) atoms. The lowest BCUT2D eigenvalue weighted by atomic mass is 9.85. The predicted octanol–water partition coefficient (Wildman–Crippen LogP) is 4.99. The van der Waals surface area contributed by atoms with Gasteiger partial charge in [-0.15, -0.1) is 0 Å². The number of benzene rings is 2. The van der Waals surface area contributed by atoms with Crippen LogP contribution in [0.3, 0.4) is 0 Å². The summed E-state index contributed by atoms with van der Waals surface area (Å²) in [5, 5.41) is 10.7. The Hall–Kier alpha value is -3.72. The minimum absolute atomic E-state index is 0.0683. The molecule has 2 N–H and O–H groups in total. The number of aryl methyl sites for hydroxylation is 1. The summed E-state index contributed by atoms with van der Waals surface area (Å²) in [6.07, 6.45) is 2.09. The average molecular weight is 506 g/mol. The fraction of sp³-hybridized carbons (Fsp3) is 0.429. The quantitative estimate of drug-likeness (QED) is 0.346. The predicted molar refractivity (Wildman–Crippen MR) is 143 cm³/mol. The van der Waals surface area contributed by atoms with Gasteiger partial charge in [0.05, 0.1) is 23.4 Å². The summed E-state index contributed by atoms with van der Waals surface area (Å²) in [6, 6.07) is 11.3. The van der Waals surface area contributed by atoms with Crippen molar-refractivity contribution in [1.29, 1.82) is 0 Å². The van der Waals surface area contributed by atoms with E-state index in [1.807, 2.05) is 13.8 Å². The van der Waals surface area contributed by atoms with Gasteiger partial charge in [0.2, 0.25) is 6.23 Å². The molecule has 1 aliphatic carbocycles. The first-order chi connectivity index (χ1) is 17.7. The Balaban J connectivity index is 1.47. The minimum atomic E-state index is -0.998. The van der Waals surface area contributed by atoms with Gasteiger partial charge in [0.15, 0.2) is 6.29 Å². The molecule has 3 aromatic rings. The van der Waals surface area contributed by atoms with E-state index in [1.54, 1.807) is 23.1 Å².